The quantitative estimate of drug-likeness (QED) is 0.848. The zero-order valence-corrected chi connectivity index (χ0v) is 12.4. The molecule has 0 spiro atoms. The van der Waals surface area contributed by atoms with Crippen molar-refractivity contribution in [2.75, 3.05) is 18.5 Å². The van der Waals surface area contributed by atoms with Crippen molar-refractivity contribution < 1.29 is 13.9 Å². The third-order valence-electron chi connectivity index (χ3n) is 3.77. The van der Waals surface area contributed by atoms with E-state index in [1.54, 1.807) is 12.1 Å². The Kier molecular flexibility index (Phi) is 6.14. The molecule has 1 fully saturated rings. The molecule has 1 aliphatic carbocycles. The smallest absolute Gasteiger partial charge is 0.250 e. The first-order valence-corrected chi connectivity index (χ1v) is 7.58. The Morgan fingerprint density at radius 1 is 1.29 bits per heavy atom. The zero-order chi connectivity index (χ0) is 15.1. The van der Waals surface area contributed by atoms with Gasteiger partial charge in [-0.25, -0.2) is 4.39 Å². The van der Waals surface area contributed by atoms with E-state index in [1.165, 1.54) is 12.1 Å². The number of hydrogen-bond donors (Lipinski definition) is 2. The van der Waals surface area contributed by atoms with E-state index < -0.39 is 5.82 Å². The molecule has 21 heavy (non-hydrogen) atoms. The third kappa shape index (κ3) is 5.10. The number of hydrogen-bond acceptors (Lipinski definition) is 3. The van der Waals surface area contributed by atoms with Crippen molar-refractivity contribution in [3.63, 3.8) is 0 Å². The summed E-state index contributed by atoms with van der Waals surface area (Å²) in [6.07, 6.45) is 4.21. The Morgan fingerprint density at radius 2 is 2.00 bits per heavy atom. The van der Waals surface area contributed by atoms with Crippen LogP contribution >= 0.6 is 0 Å². The first-order chi connectivity index (χ1) is 10.2. The van der Waals surface area contributed by atoms with Crippen molar-refractivity contribution in [2.45, 2.75) is 44.8 Å². The lowest BCUT2D eigenvalue weighted by molar-refractivity contribution is -0.123. The number of carbonyl (C=O) groups excluding carboxylic acids is 1. The molecule has 0 atom stereocenters. The van der Waals surface area contributed by atoms with Crippen molar-refractivity contribution in [1.29, 1.82) is 0 Å². The maximum atomic E-state index is 13.4. The first kappa shape index (κ1) is 15.9. The van der Waals surface area contributed by atoms with E-state index in [4.69, 9.17) is 4.74 Å². The highest BCUT2D eigenvalue weighted by atomic mass is 19.1. The topological polar surface area (TPSA) is 50.4 Å². The molecule has 0 bridgehead atoms. The van der Waals surface area contributed by atoms with Crippen LogP contribution < -0.4 is 10.6 Å². The summed E-state index contributed by atoms with van der Waals surface area (Å²) in [6, 6.07) is 6.70. The minimum atomic E-state index is -0.433. The van der Waals surface area contributed by atoms with Gasteiger partial charge in [0.2, 0.25) is 5.91 Å². The van der Waals surface area contributed by atoms with E-state index in [2.05, 4.69) is 17.6 Å². The summed E-state index contributed by atoms with van der Waals surface area (Å²) in [5.74, 6) is -0.745. The van der Waals surface area contributed by atoms with Crippen molar-refractivity contribution in [3.8, 4) is 0 Å². The molecule has 1 saturated carbocycles. The molecule has 0 heterocycles. The Morgan fingerprint density at radius 3 is 2.67 bits per heavy atom. The third-order valence-corrected chi connectivity index (χ3v) is 3.77. The van der Waals surface area contributed by atoms with Gasteiger partial charge < -0.3 is 15.4 Å². The number of anilines is 1. The van der Waals surface area contributed by atoms with Gasteiger partial charge in [-0.1, -0.05) is 19.1 Å². The summed E-state index contributed by atoms with van der Waals surface area (Å²) in [6.45, 7) is 3.07. The highest BCUT2D eigenvalue weighted by molar-refractivity contribution is 5.91. The van der Waals surface area contributed by atoms with Crippen LogP contribution in [0.15, 0.2) is 24.3 Å². The Bertz CT molecular complexity index is 459. The molecule has 4 nitrogen and oxygen atoms in total. The zero-order valence-electron chi connectivity index (χ0n) is 12.4. The largest absolute Gasteiger partial charge is 0.368 e. The van der Waals surface area contributed by atoms with Gasteiger partial charge in [-0.3, -0.25) is 4.79 Å². The lowest BCUT2D eigenvalue weighted by atomic mass is 9.93. The van der Waals surface area contributed by atoms with E-state index in [0.717, 1.165) is 32.2 Å². The van der Waals surface area contributed by atoms with Crippen LogP contribution in [-0.2, 0) is 9.53 Å². The molecule has 1 aliphatic rings. The molecule has 1 amide bonds. The molecule has 5 heteroatoms. The van der Waals surface area contributed by atoms with Crippen molar-refractivity contribution in [3.05, 3.63) is 30.1 Å². The SMILES string of the molecule is CCNC1CCC(OCC(=O)Nc2ccccc2F)CC1. The monoisotopic (exact) mass is 294 g/mol. The summed E-state index contributed by atoms with van der Waals surface area (Å²) < 4.78 is 19.0. The fourth-order valence-corrected chi connectivity index (χ4v) is 2.66. The molecular weight excluding hydrogens is 271 g/mol. The number of halogens is 1. The van der Waals surface area contributed by atoms with Crippen molar-refractivity contribution in [1.82, 2.24) is 5.32 Å². The van der Waals surface area contributed by atoms with Crippen LogP contribution in [0, 0.1) is 5.82 Å². The maximum Gasteiger partial charge on any atom is 0.250 e. The molecule has 1 aromatic carbocycles. The Balaban J connectivity index is 1.69. The van der Waals surface area contributed by atoms with E-state index in [9.17, 15) is 9.18 Å². The second-order valence-corrected chi connectivity index (χ2v) is 5.37. The number of amides is 1. The number of para-hydroxylation sites is 1. The molecule has 0 radical (unpaired) electrons. The molecule has 2 rings (SSSR count). The van der Waals surface area contributed by atoms with Gasteiger partial charge in [0.1, 0.15) is 12.4 Å². The van der Waals surface area contributed by atoms with Gasteiger partial charge in [-0.15, -0.1) is 0 Å². The van der Waals surface area contributed by atoms with E-state index in [1.807, 2.05) is 0 Å². The van der Waals surface area contributed by atoms with Crippen molar-refractivity contribution in [2.24, 2.45) is 0 Å². The maximum absolute atomic E-state index is 13.4. The molecule has 0 unspecified atom stereocenters. The first-order valence-electron chi connectivity index (χ1n) is 7.58. The van der Waals surface area contributed by atoms with Crippen LogP contribution in [0.2, 0.25) is 0 Å². The fraction of sp³-hybridized carbons (Fsp3) is 0.562. The number of ether oxygens (including phenoxy) is 1. The number of nitrogens with one attached hydrogen (secondary N) is 2. The molecule has 1 aromatic rings. The van der Waals surface area contributed by atoms with Crippen LogP contribution in [0.25, 0.3) is 0 Å². The molecule has 0 aromatic heterocycles. The van der Waals surface area contributed by atoms with E-state index >= 15 is 0 Å². The fourth-order valence-electron chi connectivity index (χ4n) is 2.66. The molecule has 2 N–H and O–H groups in total. The summed E-state index contributed by atoms with van der Waals surface area (Å²) in [5, 5.41) is 5.96. The van der Waals surface area contributed by atoms with Gasteiger partial charge >= 0.3 is 0 Å². The van der Waals surface area contributed by atoms with Gasteiger partial charge in [0.25, 0.3) is 0 Å². The highest BCUT2D eigenvalue weighted by Crippen LogP contribution is 2.21. The van der Waals surface area contributed by atoms with Crippen LogP contribution in [0.5, 0.6) is 0 Å². The van der Waals surface area contributed by atoms with Crippen LogP contribution in [-0.4, -0.2) is 31.2 Å². The predicted molar refractivity (Wildman–Crippen MR) is 80.7 cm³/mol. The number of benzene rings is 1. The number of carbonyl (C=O) groups is 1. The van der Waals surface area contributed by atoms with Gasteiger partial charge in [0, 0.05) is 6.04 Å². The minimum absolute atomic E-state index is 0.0229. The van der Waals surface area contributed by atoms with Crippen LogP contribution in [0.1, 0.15) is 32.6 Å². The second kappa shape index (κ2) is 8.10. The van der Waals surface area contributed by atoms with Crippen LogP contribution in [0.4, 0.5) is 10.1 Å². The van der Waals surface area contributed by atoms with Crippen LogP contribution in [0.3, 0.4) is 0 Å². The normalized spacial score (nSPS) is 22.0. The van der Waals surface area contributed by atoms with Gasteiger partial charge in [0.05, 0.1) is 11.8 Å². The molecular formula is C16H23FN2O2. The average molecular weight is 294 g/mol. The lowest BCUT2D eigenvalue weighted by Gasteiger charge is -2.28. The van der Waals surface area contributed by atoms with Crippen molar-refractivity contribution >= 4 is 11.6 Å². The molecule has 0 saturated heterocycles. The van der Waals surface area contributed by atoms with Gasteiger partial charge in [-0.2, -0.15) is 0 Å². The Hall–Kier alpha value is -1.46. The van der Waals surface area contributed by atoms with E-state index in [0.29, 0.717) is 6.04 Å². The molecule has 116 valence electrons. The van der Waals surface area contributed by atoms with Gasteiger partial charge in [0.15, 0.2) is 0 Å². The summed E-state index contributed by atoms with van der Waals surface area (Å²) in [4.78, 5) is 11.8. The Labute approximate surface area is 125 Å². The summed E-state index contributed by atoms with van der Waals surface area (Å²) in [5.41, 5.74) is 0.196. The predicted octanol–water partition coefficient (Wildman–Crippen LogP) is 2.70. The summed E-state index contributed by atoms with van der Waals surface area (Å²) in [7, 11) is 0. The highest BCUT2D eigenvalue weighted by Gasteiger charge is 2.21. The van der Waals surface area contributed by atoms with Gasteiger partial charge in [-0.05, 0) is 44.4 Å². The number of rotatable bonds is 6. The second-order valence-electron chi connectivity index (χ2n) is 5.37. The standard InChI is InChI=1S/C16H23FN2O2/c1-2-18-12-7-9-13(10-8-12)21-11-16(20)19-15-6-4-3-5-14(15)17/h3-6,12-13,18H,2,7-11H2,1H3,(H,19,20). The minimum Gasteiger partial charge on any atom is -0.368 e. The van der Waals surface area contributed by atoms with E-state index in [-0.39, 0.29) is 24.3 Å². The summed E-state index contributed by atoms with van der Waals surface area (Å²) >= 11 is 0. The molecule has 0 aliphatic heterocycles. The lowest BCUT2D eigenvalue weighted by Crippen LogP contribution is -2.36. The average Bonchev–Trinajstić information content (AvgIpc) is 2.49.